The molecule has 0 saturated carbocycles. The Hall–Kier alpha value is -2.30. The van der Waals surface area contributed by atoms with Crippen LogP contribution in [0.4, 0.5) is 0 Å². The maximum Gasteiger partial charge on any atom is 0.311 e. The van der Waals surface area contributed by atoms with Crippen LogP contribution in [0.25, 0.3) is 11.0 Å². The van der Waals surface area contributed by atoms with E-state index in [2.05, 4.69) is 12.1 Å². The number of carbonyl (C=O) groups excluding carboxylic acids is 2. The summed E-state index contributed by atoms with van der Waals surface area (Å²) in [5.41, 5.74) is 4.35. The molecule has 132 valence electrons. The van der Waals surface area contributed by atoms with Gasteiger partial charge in [0.1, 0.15) is 5.58 Å². The topological polar surface area (TPSA) is 59.8 Å². The first-order valence-electron chi connectivity index (χ1n) is 9.12. The minimum absolute atomic E-state index is 0.0966. The number of rotatable bonds is 4. The molecule has 4 rings (SSSR count). The van der Waals surface area contributed by atoms with Crippen molar-refractivity contribution in [1.82, 2.24) is 4.90 Å². The summed E-state index contributed by atoms with van der Waals surface area (Å²) in [7, 11) is 0. The summed E-state index contributed by atoms with van der Waals surface area (Å²) in [6.07, 6.45) is 6.44. The molecule has 2 heterocycles. The number of hydrogen-bond donors (Lipinski definition) is 0. The van der Waals surface area contributed by atoms with E-state index in [1.165, 1.54) is 17.5 Å². The van der Waals surface area contributed by atoms with Gasteiger partial charge in [-0.15, -0.1) is 0 Å². The van der Waals surface area contributed by atoms with Gasteiger partial charge in [-0.2, -0.15) is 0 Å². The summed E-state index contributed by atoms with van der Waals surface area (Å²) in [5.74, 6) is -0.482. The highest BCUT2D eigenvalue weighted by molar-refractivity contribution is 5.88. The summed E-state index contributed by atoms with van der Waals surface area (Å²) < 4.78 is 11.0. The van der Waals surface area contributed by atoms with E-state index >= 15 is 0 Å². The van der Waals surface area contributed by atoms with E-state index in [4.69, 9.17) is 9.15 Å². The number of furan rings is 1. The van der Waals surface area contributed by atoms with Crippen LogP contribution in [0.2, 0.25) is 0 Å². The minimum Gasteiger partial charge on any atom is -0.464 e. The zero-order chi connectivity index (χ0) is 17.4. The van der Waals surface area contributed by atoms with E-state index < -0.39 is 6.10 Å². The molecule has 5 nitrogen and oxygen atoms in total. The molecule has 0 radical (unpaired) electrons. The van der Waals surface area contributed by atoms with Crippen molar-refractivity contribution < 1.29 is 18.7 Å². The Morgan fingerprint density at radius 3 is 2.64 bits per heavy atom. The van der Waals surface area contributed by atoms with E-state index in [-0.39, 0.29) is 18.3 Å². The Labute approximate surface area is 146 Å². The number of likely N-dealkylation sites (tertiary alicyclic amines) is 1. The van der Waals surface area contributed by atoms with Gasteiger partial charge in [-0.05, 0) is 62.3 Å². The van der Waals surface area contributed by atoms with Crippen LogP contribution in [0.5, 0.6) is 0 Å². The number of nitrogens with zero attached hydrogens (tertiary/aromatic N) is 1. The lowest BCUT2D eigenvalue weighted by Crippen LogP contribution is -2.38. The SMILES string of the molecule is C[C@@H](OC(=O)Cc1coc2cc3c(cc12)CCC3)C(=O)N1CCCC1. The highest BCUT2D eigenvalue weighted by Gasteiger charge is 2.26. The van der Waals surface area contributed by atoms with Gasteiger partial charge in [-0.1, -0.05) is 0 Å². The van der Waals surface area contributed by atoms with Crippen molar-refractivity contribution in [3.63, 3.8) is 0 Å². The van der Waals surface area contributed by atoms with E-state index in [1.54, 1.807) is 18.1 Å². The van der Waals surface area contributed by atoms with Crippen molar-refractivity contribution in [3.05, 3.63) is 35.1 Å². The van der Waals surface area contributed by atoms with Gasteiger partial charge in [0.25, 0.3) is 5.91 Å². The molecule has 1 atom stereocenters. The average Bonchev–Trinajstić information content (AvgIpc) is 3.33. The second-order valence-corrected chi connectivity index (χ2v) is 7.07. The number of amides is 1. The van der Waals surface area contributed by atoms with Crippen molar-refractivity contribution >= 4 is 22.8 Å². The first-order chi connectivity index (χ1) is 12.1. The smallest absolute Gasteiger partial charge is 0.311 e. The van der Waals surface area contributed by atoms with Gasteiger partial charge in [-0.25, -0.2) is 0 Å². The molecular weight excluding hydrogens is 318 g/mol. The van der Waals surface area contributed by atoms with Gasteiger partial charge >= 0.3 is 5.97 Å². The number of carbonyl (C=O) groups is 2. The second kappa shape index (κ2) is 6.54. The Kier molecular flexibility index (Phi) is 4.24. The molecule has 0 spiro atoms. The molecule has 1 aromatic heterocycles. The van der Waals surface area contributed by atoms with Crippen molar-refractivity contribution in [2.24, 2.45) is 0 Å². The molecule has 1 amide bonds. The third-order valence-corrected chi connectivity index (χ3v) is 5.28. The van der Waals surface area contributed by atoms with Crippen LogP contribution in [0.3, 0.4) is 0 Å². The van der Waals surface area contributed by atoms with Gasteiger partial charge in [0.2, 0.25) is 0 Å². The summed E-state index contributed by atoms with van der Waals surface area (Å²) in [4.78, 5) is 26.3. The van der Waals surface area contributed by atoms with Crippen molar-refractivity contribution in [2.45, 2.75) is 51.6 Å². The Morgan fingerprint density at radius 1 is 1.16 bits per heavy atom. The number of benzene rings is 1. The van der Waals surface area contributed by atoms with E-state index in [0.717, 1.165) is 55.3 Å². The van der Waals surface area contributed by atoms with Gasteiger partial charge in [0, 0.05) is 24.0 Å². The number of esters is 1. The van der Waals surface area contributed by atoms with Crippen molar-refractivity contribution in [3.8, 4) is 0 Å². The highest BCUT2D eigenvalue weighted by atomic mass is 16.5. The monoisotopic (exact) mass is 341 g/mol. The molecule has 1 saturated heterocycles. The van der Waals surface area contributed by atoms with E-state index in [0.29, 0.717) is 0 Å². The summed E-state index contributed by atoms with van der Waals surface area (Å²) >= 11 is 0. The maximum atomic E-state index is 12.3. The number of ether oxygens (including phenoxy) is 1. The first-order valence-corrected chi connectivity index (χ1v) is 9.12. The molecule has 0 N–H and O–H groups in total. The molecule has 1 aliphatic heterocycles. The molecule has 1 fully saturated rings. The first kappa shape index (κ1) is 16.2. The van der Waals surface area contributed by atoms with E-state index in [9.17, 15) is 9.59 Å². The molecule has 5 heteroatoms. The van der Waals surface area contributed by atoms with Crippen LogP contribution in [0.15, 0.2) is 22.8 Å². The molecule has 1 aromatic carbocycles. The predicted molar refractivity (Wildman–Crippen MR) is 93.3 cm³/mol. The van der Waals surface area contributed by atoms with E-state index in [1.807, 2.05) is 0 Å². The van der Waals surface area contributed by atoms with Crippen molar-refractivity contribution in [1.29, 1.82) is 0 Å². The summed E-state index contributed by atoms with van der Waals surface area (Å²) in [6.45, 7) is 3.18. The van der Waals surface area contributed by atoms with Crippen LogP contribution in [-0.4, -0.2) is 36.0 Å². The lowest BCUT2D eigenvalue weighted by atomic mass is 10.0. The van der Waals surface area contributed by atoms with Crippen LogP contribution in [0.1, 0.15) is 42.9 Å². The third kappa shape index (κ3) is 3.15. The van der Waals surface area contributed by atoms with Gasteiger partial charge in [-0.3, -0.25) is 9.59 Å². The van der Waals surface area contributed by atoms with Crippen LogP contribution >= 0.6 is 0 Å². The summed E-state index contributed by atoms with van der Waals surface area (Å²) in [5, 5.41) is 0.983. The zero-order valence-corrected chi connectivity index (χ0v) is 14.5. The second-order valence-electron chi connectivity index (χ2n) is 7.07. The molecule has 2 aliphatic rings. The van der Waals surface area contributed by atoms with Gasteiger partial charge in [0.15, 0.2) is 6.10 Å². The fourth-order valence-corrected chi connectivity index (χ4v) is 3.92. The molecule has 2 aromatic rings. The molecule has 0 bridgehead atoms. The van der Waals surface area contributed by atoms with Crippen LogP contribution in [-0.2, 0) is 33.6 Å². The van der Waals surface area contributed by atoms with Gasteiger partial charge in [0.05, 0.1) is 12.7 Å². The molecule has 1 aliphatic carbocycles. The Morgan fingerprint density at radius 2 is 1.88 bits per heavy atom. The third-order valence-electron chi connectivity index (χ3n) is 5.28. The number of aryl methyl sites for hydroxylation is 2. The van der Waals surface area contributed by atoms with Crippen LogP contribution < -0.4 is 0 Å². The number of fused-ring (bicyclic) bond motifs is 2. The fourth-order valence-electron chi connectivity index (χ4n) is 3.92. The zero-order valence-electron chi connectivity index (χ0n) is 14.5. The highest BCUT2D eigenvalue weighted by Crippen LogP contribution is 2.30. The summed E-state index contributed by atoms with van der Waals surface area (Å²) in [6, 6.07) is 4.23. The normalized spacial score (nSPS) is 17.7. The predicted octanol–water partition coefficient (Wildman–Crippen LogP) is 3.02. The Balaban J connectivity index is 1.44. The molecular formula is C20H23NO4. The maximum absolute atomic E-state index is 12.3. The lowest BCUT2D eigenvalue weighted by molar-refractivity contribution is -0.158. The largest absolute Gasteiger partial charge is 0.464 e. The standard InChI is InChI=1S/C20H23NO4/c1-13(20(23)21-7-2-3-8-21)25-19(22)11-16-12-24-18-10-15-6-4-5-14(15)9-17(16)18/h9-10,12-13H,2-8,11H2,1H3/t13-/m1/s1. The molecule has 0 unspecified atom stereocenters. The minimum atomic E-state index is -0.729. The van der Waals surface area contributed by atoms with Crippen molar-refractivity contribution in [2.75, 3.05) is 13.1 Å². The van der Waals surface area contributed by atoms with Gasteiger partial charge < -0.3 is 14.1 Å². The Bertz CT molecular complexity index is 816. The number of hydrogen-bond acceptors (Lipinski definition) is 4. The lowest BCUT2D eigenvalue weighted by Gasteiger charge is -2.20. The quantitative estimate of drug-likeness (QED) is 0.802. The fraction of sp³-hybridized carbons (Fsp3) is 0.500. The van der Waals surface area contributed by atoms with Crippen LogP contribution in [0, 0.1) is 0 Å². The molecule has 25 heavy (non-hydrogen) atoms. The average molecular weight is 341 g/mol.